The number of rotatable bonds is 8. The van der Waals surface area contributed by atoms with Crippen molar-refractivity contribution in [3.05, 3.63) is 53.1 Å². The number of hydrogen-bond acceptors (Lipinski definition) is 8. The van der Waals surface area contributed by atoms with Gasteiger partial charge in [-0.15, -0.1) is 0 Å². The normalized spacial score (nSPS) is 14.8. The smallest absolute Gasteiger partial charge is 0.545 e. The van der Waals surface area contributed by atoms with Crippen LogP contribution in [0.2, 0.25) is 0 Å². The maximum atomic E-state index is 13.7. The molecule has 0 aliphatic heterocycles. The summed E-state index contributed by atoms with van der Waals surface area (Å²) in [7, 11) is 3.01. The molecule has 0 bridgehead atoms. The number of carboxylic acids is 1. The molecule has 172 valence electrons. The van der Waals surface area contributed by atoms with E-state index in [2.05, 4.69) is 8.75 Å². The second-order valence-corrected chi connectivity index (χ2v) is 8.74. The number of methoxy groups -OCH3 is 2. The Kier molecular flexibility index (Phi) is 9.24. The summed E-state index contributed by atoms with van der Waals surface area (Å²) in [5, 5.41) is 12.4. The molecule has 0 unspecified atom stereocenters. The molecule has 1 aromatic heterocycles. The fraction of sp³-hybridized carbons (Fsp3) is 0.360. The molecule has 4 rings (SSSR count). The van der Waals surface area contributed by atoms with E-state index in [-0.39, 0.29) is 52.4 Å². The van der Waals surface area contributed by atoms with Crippen LogP contribution < -0.4 is 44.1 Å². The molecule has 0 amide bonds. The van der Waals surface area contributed by atoms with Crippen LogP contribution in [0.25, 0.3) is 16.6 Å². The van der Waals surface area contributed by atoms with E-state index < -0.39 is 5.97 Å². The van der Waals surface area contributed by atoms with Crippen molar-refractivity contribution in [3.63, 3.8) is 0 Å². The first-order chi connectivity index (χ1) is 16.0. The van der Waals surface area contributed by atoms with Gasteiger partial charge in [0, 0.05) is 16.7 Å². The van der Waals surface area contributed by atoms with Crippen LogP contribution in [-0.4, -0.2) is 34.7 Å². The molecular weight excluding hydrogens is 463 g/mol. The van der Waals surface area contributed by atoms with Crippen LogP contribution in [0.15, 0.2) is 42.0 Å². The van der Waals surface area contributed by atoms with Crippen molar-refractivity contribution in [1.29, 1.82) is 0 Å². The van der Waals surface area contributed by atoms with Gasteiger partial charge in [0.25, 0.3) is 0 Å². The van der Waals surface area contributed by atoms with Gasteiger partial charge in [-0.05, 0) is 48.2 Å². The minimum Gasteiger partial charge on any atom is -0.545 e. The largest absolute Gasteiger partial charge is 1.00 e. The summed E-state index contributed by atoms with van der Waals surface area (Å²) in [5.41, 5.74) is 2.17. The maximum absolute atomic E-state index is 13.7. The molecule has 1 aliphatic carbocycles. The van der Waals surface area contributed by atoms with E-state index in [1.807, 2.05) is 0 Å². The van der Waals surface area contributed by atoms with Gasteiger partial charge >= 0.3 is 29.6 Å². The number of aromatic nitrogens is 2. The first-order valence-electron chi connectivity index (χ1n) is 11.0. The molecule has 7 nitrogen and oxygen atoms in total. The van der Waals surface area contributed by atoms with Crippen molar-refractivity contribution in [1.82, 2.24) is 8.75 Å². The number of aliphatic carboxylic acids is 1. The quantitative estimate of drug-likeness (QED) is 0.266. The van der Waals surface area contributed by atoms with Crippen LogP contribution in [0.1, 0.15) is 54.4 Å². The second-order valence-electron chi connectivity index (χ2n) is 8.22. The van der Waals surface area contributed by atoms with Gasteiger partial charge in [0.15, 0.2) is 17.3 Å². The van der Waals surface area contributed by atoms with Crippen LogP contribution in [0.4, 0.5) is 0 Å². The minimum absolute atomic E-state index is 0. The number of carbonyl (C=O) groups excluding carboxylic acids is 2. The summed E-state index contributed by atoms with van der Waals surface area (Å²) in [6, 6.07) is 9.91. The van der Waals surface area contributed by atoms with Gasteiger partial charge in [0.1, 0.15) is 11.0 Å². The third-order valence-electron chi connectivity index (χ3n) is 6.19. The van der Waals surface area contributed by atoms with Gasteiger partial charge in [-0.3, -0.25) is 4.79 Å². The van der Waals surface area contributed by atoms with Crippen LogP contribution in [0.3, 0.4) is 0 Å². The number of ether oxygens (including phenoxy) is 2. The molecule has 1 aliphatic rings. The fourth-order valence-corrected chi connectivity index (χ4v) is 5.01. The number of hydrogen-bond donors (Lipinski definition) is 0. The first kappa shape index (κ1) is 26.3. The molecule has 1 fully saturated rings. The monoisotopic (exact) mass is 488 g/mol. The Labute approximate surface area is 224 Å². The zero-order chi connectivity index (χ0) is 23.4. The Balaban J connectivity index is 0.00000324. The van der Waals surface area contributed by atoms with Gasteiger partial charge < -0.3 is 19.4 Å². The summed E-state index contributed by atoms with van der Waals surface area (Å²) in [4.78, 5) is 26.2. The zero-order valence-electron chi connectivity index (χ0n) is 19.6. The number of carbonyl (C=O) groups is 2. The van der Waals surface area contributed by atoms with E-state index in [1.165, 1.54) is 20.6 Å². The average molecular weight is 489 g/mol. The number of allylic oxidation sites excluding steroid dienone is 1. The number of ketones is 1. The molecule has 1 heterocycles. The van der Waals surface area contributed by atoms with Crippen LogP contribution in [-0.2, 0) is 4.79 Å². The van der Waals surface area contributed by atoms with E-state index >= 15 is 0 Å². The molecule has 9 heteroatoms. The zero-order valence-corrected chi connectivity index (χ0v) is 22.4. The van der Waals surface area contributed by atoms with Crippen molar-refractivity contribution in [2.45, 2.75) is 38.5 Å². The van der Waals surface area contributed by atoms with Crippen LogP contribution in [0.5, 0.6) is 11.5 Å². The molecule has 1 saturated carbocycles. The Bertz CT molecular complexity index is 1220. The number of Topliss-reactive ketones (excluding diaryl/α,β-unsaturated/α-hetero) is 1. The third-order valence-corrected chi connectivity index (χ3v) is 6.74. The first-order valence-corrected chi connectivity index (χ1v) is 11.7. The van der Waals surface area contributed by atoms with Crippen molar-refractivity contribution in [2.24, 2.45) is 5.92 Å². The molecule has 2 aromatic carbocycles. The number of benzene rings is 2. The van der Waals surface area contributed by atoms with Crippen molar-refractivity contribution in [2.75, 3.05) is 14.2 Å². The summed E-state index contributed by atoms with van der Waals surface area (Å²) in [6.07, 6.45) is 5.65. The average Bonchev–Trinajstić information content (AvgIpc) is 3.31. The number of nitrogens with zero attached hydrogens (tertiary/aromatic N) is 2. The molecular formula is C25H25N2NaO5S. The standard InChI is InChI=1S/C25H26N2O5S.Na/c1-31-21-11-9-17(14-22(21)32-2)24(28)18(12-15-6-4-3-5-7-15)23(25(29)30)16-8-10-19-20(13-16)27-33-26-19;/h8-11,13-15H,3-7,12H2,1-2H3,(H,29,30);/q;+1/p-1. The number of carboxylic acid groups (broad SMARTS) is 1. The summed E-state index contributed by atoms with van der Waals surface area (Å²) < 4.78 is 19.0. The topological polar surface area (TPSA) is 101 Å². The summed E-state index contributed by atoms with van der Waals surface area (Å²) in [6.45, 7) is 0. The molecule has 0 spiro atoms. The summed E-state index contributed by atoms with van der Waals surface area (Å²) >= 11 is 1.06. The van der Waals surface area contributed by atoms with Crippen LogP contribution in [0, 0.1) is 5.92 Å². The van der Waals surface area contributed by atoms with Crippen molar-refractivity contribution >= 4 is 40.1 Å². The second kappa shape index (κ2) is 11.9. The van der Waals surface area contributed by atoms with E-state index in [0.29, 0.717) is 40.1 Å². The Morgan fingerprint density at radius 3 is 2.29 bits per heavy atom. The maximum Gasteiger partial charge on any atom is 1.00 e. The Morgan fingerprint density at radius 2 is 1.62 bits per heavy atom. The number of fused-ring (bicyclic) bond motifs is 1. The van der Waals surface area contributed by atoms with Crippen LogP contribution >= 0.6 is 11.7 Å². The summed E-state index contributed by atoms with van der Waals surface area (Å²) in [5.74, 6) is -0.579. The Hall–Kier alpha value is -2.26. The van der Waals surface area contributed by atoms with Gasteiger partial charge in [-0.25, -0.2) is 0 Å². The van der Waals surface area contributed by atoms with E-state index in [0.717, 1.165) is 37.4 Å². The van der Waals surface area contributed by atoms with E-state index in [1.54, 1.807) is 36.4 Å². The molecule has 0 N–H and O–H groups in total. The predicted octanol–water partition coefficient (Wildman–Crippen LogP) is 1.07. The van der Waals surface area contributed by atoms with E-state index in [9.17, 15) is 14.7 Å². The molecule has 0 saturated heterocycles. The fourth-order valence-electron chi connectivity index (χ4n) is 4.49. The molecule has 3 aromatic rings. The van der Waals surface area contributed by atoms with Crippen molar-refractivity contribution < 1.29 is 53.7 Å². The SMILES string of the molecule is COc1ccc(C(=O)C(CC2CCCCC2)=C(C(=O)[O-])c2ccc3nsnc3c2)cc1OC.[Na+]. The molecule has 0 atom stereocenters. The van der Waals surface area contributed by atoms with Gasteiger partial charge in [-0.2, -0.15) is 8.75 Å². The third kappa shape index (κ3) is 5.68. The molecule has 0 radical (unpaired) electrons. The Morgan fingerprint density at radius 1 is 0.941 bits per heavy atom. The van der Waals surface area contributed by atoms with Gasteiger partial charge in [-0.1, -0.05) is 38.2 Å². The van der Waals surface area contributed by atoms with Crippen molar-refractivity contribution in [3.8, 4) is 11.5 Å². The minimum atomic E-state index is -1.38. The van der Waals surface area contributed by atoms with E-state index in [4.69, 9.17) is 9.47 Å². The predicted molar refractivity (Wildman–Crippen MR) is 124 cm³/mol. The van der Waals surface area contributed by atoms with Gasteiger partial charge in [0.05, 0.1) is 31.9 Å². The van der Waals surface area contributed by atoms with Gasteiger partial charge in [0.2, 0.25) is 0 Å². The molecule has 34 heavy (non-hydrogen) atoms.